The number of rotatable bonds is 4. The van der Waals surface area contributed by atoms with E-state index < -0.39 is 18.1 Å². The zero-order valence-corrected chi connectivity index (χ0v) is 8.13. The number of nitrogens with two attached hydrogens (primary N) is 2. The Morgan fingerprint density at radius 1 is 1.33 bits per heavy atom. The number of carbonyl (C=O) groups excluding carboxylic acids is 1. The van der Waals surface area contributed by atoms with E-state index in [2.05, 4.69) is 0 Å². The maximum absolute atomic E-state index is 11.0. The van der Waals surface area contributed by atoms with E-state index in [4.69, 9.17) is 11.5 Å². The molecule has 1 rings (SSSR count). The fourth-order valence-corrected chi connectivity index (χ4v) is 1.32. The second-order valence-corrected chi connectivity index (χ2v) is 3.20. The molecule has 1 aromatic rings. The van der Waals surface area contributed by atoms with Crippen molar-refractivity contribution in [2.45, 2.75) is 12.2 Å². The highest BCUT2D eigenvalue weighted by molar-refractivity contribution is 5.94. The summed E-state index contributed by atoms with van der Waals surface area (Å²) in [5, 5.41) is 19.0. The average molecular weight is 210 g/mol. The lowest BCUT2D eigenvalue weighted by Crippen LogP contribution is -2.29. The fraction of sp³-hybridized carbons (Fsp3) is 0.300. The van der Waals surface area contributed by atoms with Gasteiger partial charge in [0, 0.05) is 12.1 Å². The van der Waals surface area contributed by atoms with Crippen LogP contribution in [-0.2, 0) is 0 Å². The van der Waals surface area contributed by atoms with Gasteiger partial charge in [0.1, 0.15) is 6.10 Å². The highest BCUT2D eigenvalue weighted by Gasteiger charge is 2.21. The van der Waals surface area contributed by atoms with Crippen molar-refractivity contribution in [1.82, 2.24) is 0 Å². The lowest BCUT2D eigenvalue weighted by Gasteiger charge is -2.18. The molecular weight excluding hydrogens is 196 g/mol. The van der Waals surface area contributed by atoms with Gasteiger partial charge in [0.25, 0.3) is 0 Å². The molecule has 0 aliphatic carbocycles. The molecule has 6 N–H and O–H groups in total. The van der Waals surface area contributed by atoms with Crippen LogP contribution in [-0.4, -0.2) is 28.8 Å². The number of aliphatic hydroxyl groups is 2. The van der Waals surface area contributed by atoms with Gasteiger partial charge in [-0.15, -0.1) is 0 Å². The van der Waals surface area contributed by atoms with Gasteiger partial charge in [-0.25, -0.2) is 0 Å². The maximum Gasteiger partial charge on any atom is 0.249 e. The van der Waals surface area contributed by atoms with Crippen LogP contribution in [0.5, 0.6) is 0 Å². The lowest BCUT2D eigenvalue weighted by atomic mass is 9.98. The van der Waals surface area contributed by atoms with Gasteiger partial charge >= 0.3 is 0 Å². The zero-order valence-electron chi connectivity index (χ0n) is 8.13. The van der Waals surface area contributed by atoms with Crippen LogP contribution in [0.2, 0.25) is 0 Å². The van der Waals surface area contributed by atoms with Gasteiger partial charge in [0.15, 0.2) is 0 Å². The summed E-state index contributed by atoms with van der Waals surface area (Å²) in [7, 11) is 0. The van der Waals surface area contributed by atoms with E-state index in [-0.39, 0.29) is 12.1 Å². The molecule has 0 aliphatic rings. The van der Waals surface area contributed by atoms with Crippen LogP contribution in [0.4, 0.5) is 0 Å². The Hall–Kier alpha value is -1.43. The van der Waals surface area contributed by atoms with Crippen molar-refractivity contribution < 1.29 is 15.0 Å². The van der Waals surface area contributed by atoms with Crippen LogP contribution < -0.4 is 11.5 Å². The van der Waals surface area contributed by atoms with Crippen molar-refractivity contribution in [2.75, 3.05) is 6.54 Å². The molecule has 15 heavy (non-hydrogen) atoms. The summed E-state index contributed by atoms with van der Waals surface area (Å²) < 4.78 is 0. The van der Waals surface area contributed by atoms with E-state index in [1.165, 1.54) is 12.1 Å². The van der Waals surface area contributed by atoms with Gasteiger partial charge in [-0.2, -0.15) is 0 Å². The molecule has 1 amide bonds. The molecule has 2 unspecified atom stereocenters. The van der Waals surface area contributed by atoms with Crippen LogP contribution in [0.15, 0.2) is 24.3 Å². The number of primary amides is 1. The highest BCUT2D eigenvalue weighted by atomic mass is 16.3. The van der Waals surface area contributed by atoms with E-state index in [1.54, 1.807) is 12.1 Å². The van der Waals surface area contributed by atoms with Crippen LogP contribution in [0, 0.1) is 0 Å². The Morgan fingerprint density at radius 3 is 2.47 bits per heavy atom. The summed E-state index contributed by atoms with van der Waals surface area (Å²) >= 11 is 0. The topological polar surface area (TPSA) is 110 Å². The Balaban J connectivity index is 3.07. The van der Waals surface area contributed by atoms with E-state index in [1.807, 2.05) is 0 Å². The maximum atomic E-state index is 11.0. The molecule has 82 valence electrons. The number of aliphatic hydroxyl groups excluding tert-OH is 2. The van der Waals surface area contributed by atoms with Crippen LogP contribution >= 0.6 is 0 Å². The Morgan fingerprint density at radius 2 is 1.93 bits per heavy atom. The quantitative estimate of drug-likeness (QED) is 0.518. The Kier molecular flexibility index (Phi) is 3.79. The normalized spacial score (nSPS) is 14.6. The third-order valence-corrected chi connectivity index (χ3v) is 2.15. The summed E-state index contributed by atoms with van der Waals surface area (Å²) in [4.78, 5) is 11.0. The SMILES string of the molecule is NCC(O)C(O)c1ccccc1C(N)=O. The van der Waals surface area contributed by atoms with Crippen LogP contribution in [0.3, 0.4) is 0 Å². The summed E-state index contributed by atoms with van der Waals surface area (Å²) in [6.07, 6.45) is -2.30. The van der Waals surface area contributed by atoms with Gasteiger partial charge in [-0.3, -0.25) is 4.79 Å². The van der Waals surface area contributed by atoms with Gasteiger partial charge in [-0.05, 0) is 11.6 Å². The number of benzene rings is 1. The number of hydrogen-bond acceptors (Lipinski definition) is 4. The predicted octanol–water partition coefficient (Wildman–Crippen LogP) is -0.862. The minimum Gasteiger partial charge on any atom is -0.389 e. The fourth-order valence-electron chi connectivity index (χ4n) is 1.32. The molecular formula is C10H14N2O3. The number of hydrogen-bond donors (Lipinski definition) is 4. The van der Waals surface area contributed by atoms with Crippen molar-refractivity contribution in [3.05, 3.63) is 35.4 Å². The predicted molar refractivity (Wildman–Crippen MR) is 55.0 cm³/mol. The Labute approximate surface area is 87.3 Å². The van der Waals surface area contributed by atoms with Crippen LogP contribution in [0.1, 0.15) is 22.0 Å². The first-order valence-electron chi connectivity index (χ1n) is 4.53. The van der Waals surface area contributed by atoms with Crippen molar-refractivity contribution in [3.8, 4) is 0 Å². The molecule has 2 atom stereocenters. The molecule has 5 nitrogen and oxygen atoms in total. The molecule has 0 saturated heterocycles. The first-order chi connectivity index (χ1) is 7.07. The third-order valence-electron chi connectivity index (χ3n) is 2.15. The average Bonchev–Trinajstić information content (AvgIpc) is 2.27. The van der Waals surface area contributed by atoms with Gasteiger partial charge in [-0.1, -0.05) is 18.2 Å². The Bertz CT molecular complexity index is 354. The first kappa shape index (κ1) is 11.6. The van der Waals surface area contributed by atoms with E-state index in [0.717, 1.165) is 0 Å². The zero-order chi connectivity index (χ0) is 11.4. The smallest absolute Gasteiger partial charge is 0.249 e. The molecule has 0 aliphatic heterocycles. The minimum absolute atomic E-state index is 0.0890. The molecule has 0 fully saturated rings. The molecule has 0 spiro atoms. The standard InChI is InChI=1S/C10H14N2O3/c11-5-8(13)9(14)6-3-1-2-4-7(6)10(12)15/h1-4,8-9,13-14H,5,11H2,(H2,12,15). The van der Waals surface area contributed by atoms with E-state index in [9.17, 15) is 15.0 Å². The van der Waals surface area contributed by atoms with Crippen molar-refractivity contribution >= 4 is 5.91 Å². The summed E-state index contributed by atoms with van der Waals surface area (Å²) in [5.74, 6) is -0.645. The number of carbonyl (C=O) groups is 1. The van der Waals surface area contributed by atoms with Crippen molar-refractivity contribution in [1.29, 1.82) is 0 Å². The number of amides is 1. The van der Waals surface area contributed by atoms with Crippen LogP contribution in [0.25, 0.3) is 0 Å². The molecule has 0 bridgehead atoms. The molecule has 0 saturated carbocycles. The van der Waals surface area contributed by atoms with E-state index in [0.29, 0.717) is 5.56 Å². The first-order valence-corrected chi connectivity index (χ1v) is 4.53. The second-order valence-electron chi connectivity index (χ2n) is 3.20. The van der Waals surface area contributed by atoms with Gasteiger partial charge in [0.2, 0.25) is 5.91 Å². The summed E-state index contributed by atoms with van der Waals surface area (Å²) in [5.41, 5.74) is 10.8. The second kappa shape index (κ2) is 4.88. The van der Waals surface area contributed by atoms with E-state index >= 15 is 0 Å². The van der Waals surface area contributed by atoms with Gasteiger partial charge in [0.05, 0.1) is 6.10 Å². The van der Waals surface area contributed by atoms with Gasteiger partial charge < -0.3 is 21.7 Å². The minimum atomic E-state index is -1.20. The molecule has 0 radical (unpaired) electrons. The highest BCUT2D eigenvalue weighted by Crippen LogP contribution is 2.20. The summed E-state index contributed by atoms with van der Waals surface area (Å²) in [6, 6.07) is 6.30. The lowest BCUT2D eigenvalue weighted by molar-refractivity contribution is 0.0238. The molecule has 0 aromatic heterocycles. The van der Waals surface area contributed by atoms with Crippen molar-refractivity contribution in [2.24, 2.45) is 11.5 Å². The van der Waals surface area contributed by atoms with Crippen molar-refractivity contribution in [3.63, 3.8) is 0 Å². The summed E-state index contributed by atoms with van der Waals surface area (Å²) in [6.45, 7) is -0.0890. The third kappa shape index (κ3) is 2.53. The molecule has 5 heteroatoms. The largest absolute Gasteiger partial charge is 0.389 e. The monoisotopic (exact) mass is 210 g/mol. The molecule has 0 heterocycles. The molecule has 1 aromatic carbocycles.